The van der Waals surface area contributed by atoms with Crippen molar-refractivity contribution in [3.8, 4) is 5.75 Å². The molecular weight excluding hydrogens is 196 g/mol. The van der Waals surface area contributed by atoms with Gasteiger partial charge < -0.3 is 5.11 Å². The predicted molar refractivity (Wildman–Crippen MR) is 46.2 cm³/mol. The largest absolute Gasteiger partial charge is 0.506 e. The lowest BCUT2D eigenvalue weighted by Gasteiger charge is -1.89. The minimum atomic E-state index is -2.57. The van der Waals surface area contributed by atoms with Gasteiger partial charge in [-0.25, -0.2) is 13.8 Å². The van der Waals surface area contributed by atoms with Crippen LogP contribution in [0.15, 0.2) is 18.2 Å². The maximum atomic E-state index is 12.2. The van der Waals surface area contributed by atoms with Gasteiger partial charge in [-0.1, -0.05) is 6.07 Å². The van der Waals surface area contributed by atoms with Crippen LogP contribution in [-0.2, 0) is 0 Å². The van der Waals surface area contributed by atoms with Crippen molar-refractivity contribution in [2.24, 2.45) is 0 Å². The molecule has 0 spiro atoms. The van der Waals surface area contributed by atoms with E-state index in [-0.39, 0.29) is 16.3 Å². The molecule has 1 aromatic heterocycles. The molecule has 0 atom stereocenters. The molecule has 2 rings (SSSR count). The number of hydrogen-bond donors (Lipinski definition) is 1. The SMILES string of the molecule is Oc1cccc2sc(C(F)F)nc12. The van der Waals surface area contributed by atoms with Crippen molar-refractivity contribution in [1.29, 1.82) is 0 Å². The zero-order valence-corrected chi connectivity index (χ0v) is 7.18. The van der Waals surface area contributed by atoms with Gasteiger partial charge in [0.1, 0.15) is 11.3 Å². The van der Waals surface area contributed by atoms with Crippen molar-refractivity contribution < 1.29 is 13.9 Å². The fourth-order valence-corrected chi connectivity index (χ4v) is 1.89. The van der Waals surface area contributed by atoms with Crippen molar-refractivity contribution >= 4 is 21.6 Å². The van der Waals surface area contributed by atoms with Gasteiger partial charge >= 0.3 is 0 Å². The third-order valence-corrected chi connectivity index (χ3v) is 2.63. The van der Waals surface area contributed by atoms with Crippen molar-refractivity contribution in [2.75, 3.05) is 0 Å². The van der Waals surface area contributed by atoms with Crippen LogP contribution < -0.4 is 0 Å². The number of aromatic hydroxyl groups is 1. The van der Waals surface area contributed by atoms with Crippen LogP contribution in [0.5, 0.6) is 5.75 Å². The molecule has 2 nitrogen and oxygen atoms in total. The van der Waals surface area contributed by atoms with Gasteiger partial charge in [0.2, 0.25) is 0 Å². The summed E-state index contributed by atoms with van der Waals surface area (Å²) in [5.41, 5.74) is 0.253. The van der Waals surface area contributed by atoms with E-state index in [0.29, 0.717) is 4.70 Å². The molecule has 0 bridgehead atoms. The van der Waals surface area contributed by atoms with Gasteiger partial charge in [0, 0.05) is 0 Å². The Morgan fingerprint density at radius 3 is 2.77 bits per heavy atom. The number of para-hydroxylation sites is 1. The van der Waals surface area contributed by atoms with Crippen LogP contribution in [0.2, 0.25) is 0 Å². The first-order valence-electron chi connectivity index (χ1n) is 3.55. The summed E-state index contributed by atoms with van der Waals surface area (Å²) in [6, 6.07) is 4.68. The summed E-state index contributed by atoms with van der Waals surface area (Å²) in [6.45, 7) is 0. The van der Waals surface area contributed by atoms with Gasteiger partial charge in [0.15, 0.2) is 5.01 Å². The molecule has 0 saturated carbocycles. The Morgan fingerprint density at radius 2 is 2.15 bits per heavy atom. The molecule has 0 saturated heterocycles. The van der Waals surface area contributed by atoms with E-state index in [9.17, 15) is 13.9 Å². The normalized spacial score (nSPS) is 11.3. The Kier molecular flexibility index (Phi) is 1.88. The summed E-state index contributed by atoms with van der Waals surface area (Å²) in [5, 5.41) is 9.01. The van der Waals surface area contributed by atoms with Crippen LogP contribution in [0.1, 0.15) is 11.4 Å². The maximum Gasteiger partial charge on any atom is 0.289 e. The fourth-order valence-electron chi connectivity index (χ4n) is 1.04. The van der Waals surface area contributed by atoms with E-state index in [0.717, 1.165) is 11.3 Å². The van der Waals surface area contributed by atoms with Crippen molar-refractivity contribution in [2.45, 2.75) is 6.43 Å². The van der Waals surface area contributed by atoms with E-state index in [4.69, 9.17) is 0 Å². The number of phenolic OH excluding ortho intramolecular Hbond substituents is 1. The number of thiazole rings is 1. The second kappa shape index (κ2) is 2.92. The second-order valence-corrected chi connectivity index (χ2v) is 3.54. The van der Waals surface area contributed by atoms with Gasteiger partial charge in [0.05, 0.1) is 4.70 Å². The molecule has 0 aliphatic heterocycles. The first-order chi connectivity index (χ1) is 6.18. The number of hydrogen-bond acceptors (Lipinski definition) is 3. The highest BCUT2D eigenvalue weighted by Gasteiger charge is 2.14. The monoisotopic (exact) mass is 201 g/mol. The number of benzene rings is 1. The highest BCUT2D eigenvalue weighted by atomic mass is 32.1. The third-order valence-electron chi connectivity index (χ3n) is 1.60. The molecule has 0 unspecified atom stereocenters. The Hall–Kier alpha value is -1.23. The highest BCUT2D eigenvalue weighted by molar-refractivity contribution is 7.18. The van der Waals surface area contributed by atoms with Crippen LogP contribution in [0.4, 0.5) is 8.78 Å². The molecule has 1 aromatic carbocycles. The molecule has 0 aliphatic carbocycles. The minimum Gasteiger partial charge on any atom is -0.506 e. The second-order valence-electron chi connectivity index (χ2n) is 2.48. The van der Waals surface area contributed by atoms with E-state index < -0.39 is 6.43 Å². The Balaban J connectivity index is 2.68. The van der Waals surface area contributed by atoms with Crippen molar-refractivity contribution in [3.05, 3.63) is 23.2 Å². The molecular formula is C8H5F2NOS. The number of halogens is 2. The maximum absolute atomic E-state index is 12.2. The van der Waals surface area contributed by atoms with Gasteiger partial charge in [0.25, 0.3) is 6.43 Å². The van der Waals surface area contributed by atoms with E-state index >= 15 is 0 Å². The topological polar surface area (TPSA) is 33.1 Å². The summed E-state index contributed by atoms with van der Waals surface area (Å²) >= 11 is 0.898. The molecule has 1 N–H and O–H groups in total. The van der Waals surface area contributed by atoms with Gasteiger partial charge in [-0.3, -0.25) is 0 Å². The molecule has 2 aromatic rings. The molecule has 0 radical (unpaired) electrons. The predicted octanol–water partition coefficient (Wildman–Crippen LogP) is 2.94. The number of fused-ring (bicyclic) bond motifs is 1. The Bertz CT molecular complexity index is 441. The lowest BCUT2D eigenvalue weighted by Crippen LogP contribution is -1.79. The molecule has 0 aliphatic rings. The van der Waals surface area contributed by atoms with E-state index in [2.05, 4.69) is 4.98 Å². The number of aromatic nitrogens is 1. The van der Waals surface area contributed by atoms with E-state index in [1.165, 1.54) is 6.07 Å². The Labute approximate surface area is 76.5 Å². The summed E-state index contributed by atoms with van der Waals surface area (Å²) in [4.78, 5) is 3.63. The summed E-state index contributed by atoms with van der Waals surface area (Å²) in [7, 11) is 0. The number of alkyl halides is 2. The van der Waals surface area contributed by atoms with Crippen LogP contribution in [-0.4, -0.2) is 10.1 Å². The molecule has 1 heterocycles. The van der Waals surface area contributed by atoms with Crippen molar-refractivity contribution in [1.82, 2.24) is 4.98 Å². The van der Waals surface area contributed by atoms with E-state index in [1.807, 2.05) is 0 Å². The minimum absolute atomic E-state index is 0.0550. The van der Waals surface area contributed by atoms with Crippen LogP contribution in [0.25, 0.3) is 10.2 Å². The Morgan fingerprint density at radius 1 is 1.38 bits per heavy atom. The third kappa shape index (κ3) is 1.35. The number of rotatable bonds is 1. The molecule has 5 heteroatoms. The zero-order chi connectivity index (χ0) is 9.42. The van der Waals surface area contributed by atoms with Gasteiger partial charge in [-0.2, -0.15) is 0 Å². The zero-order valence-electron chi connectivity index (χ0n) is 6.37. The molecule has 13 heavy (non-hydrogen) atoms. The van der Waals surface area contributed by atoms with Crippen LogP contribution in [0, 0.1) is 0 Å². The number of phenols is 1. The first-order valence-corrected chi connectivity index (χ1v) is 4.36. The number of nitrogens with zero attached hydrogens (tertiary/aromatic N) is 1. The van der Waals surface area contributed by atoms with Crippen LogP contribution in [0.3, 0.4) is 0 Å². The quantitative estimate of drug-likeness (QED) is 0.769. The van der Waals surface area contributed by atoms with Crippen molar-refractivity contribution in [3.63, 3.8) is 0 Å². The lowest BCUT2D eigenvalue weighted by atomic mass is 10.3. The van der Waals surface area contributed by atoms with Gasteiger partial charge in [-0.05, 0) is 12.1 Å². The first kappa shape index (κ1) is 8.37. The standard InChI is InChI=1S/C8H5F2NOS/c9-7(10)8-11-6-4(12)2-1-3-5(6)13-8/h1-3,7,12H. The van der Waals surface area contributed by atoms with Gasteiger partial charge in [-0.15, -0.1) is 11.3 Å². The summed E-state index contributed by atoms with van der Waals surface area (Å²) < 4.78 is 25.0. The fraction of sp³-hybridized carbons (Fsp3) is 0.125. The summed E-state index contributed by atoms with van der Waals surface area (Å²) in [6.07, 6.45) is -2.57. The highest BCUT2D eigenvalue weighted by Crippen LogP contribution is 2.32. The average Bonchev–Trinajstić information content (AvgIpc) is 2.49. The van der Waals surface area contributed by atoms with Crippen LogP contribution >= 0.6 is 11.3 Å². The molecule has 0 amide bonds. The average molecular weight is 201 g/mol. The lowest BCUT2D eigenvalue weighted by molar-refractivity contribution is 0.151. The smallest absolute Gasteiger partial charge is 0.289 e. The molecule has 68 valence electrons. The molecule has 0 fully saturated rings. The van der Waals surface area contributed by atoms with E-state index in [1.54, 1.807) is 12.1 Å². The summed E-state index contributed by atoms with van der Waals surface area (Å²) in [5.74, 6) is -0.0550.